The molecule has 20 heavy (non-hydrogen) atoms. The van der Waals surface area contributed by atoms with Crippen molar-refractivity contribution < 1.29 is 9.53 Å². The van der Waals surface area contributed by atoms with Crippen LogP contribution in [0.5, 0.6) is 0 Å². The number of esters is 1. The van der Waals surface area contributed by atoms with Crippen molar-refractivity contribution in [3.05, 3.63) is 23.9 Å². The number of likely N-dealkylation sites (tertiary alicyclic amines) is 1. The minimum atomic E-state index is -0.102. The third kappa shape index (κ3) is 3.70. The molecule has 1 aliphatic rings. The van der Waals surface area contributed by atoms with Crippen LogP contribution < -0.4 is 5.32 Å². The van der Waals surface area contributed by atoms with E-state index in [-0.39, 0.29) is 12.0 Å². The zero-order valence-electron chi connectivity index (χ0n) is 12.3. The van der Waals surface area contributed by atoms with Gasteiger partial charge in [0.1, 0.15) is 11.9 Å². The summed E-state index contributed by atoms with van der Waals surface area (Å²) < 4.78 is 5.19. The van der Waals surface area contributed by atoms with Crippen molar-refractivity contribution >= 4 is 11.8 Å². The summed E-state index contributed by atoms with van der Waals surface area (Å²) in [5, 5.41) is 3.04. The van der Waals surface area contributed by atoms with Crippen LogP contribution in [-0.2, 0) is 16.1 Å². The maximum Gasteiger partial charge on any atom is 0.323 e. The van der Waals surface area contributed by atoms with Gasteiger partial charge in [-0.3, -0.25) is 9.69 Å². The van der Waals surface area contributed by atoms with Crippen LogP contribution in [0.1, 0.15) is 31.7 Å². The molecule has 0 bridgehead atoms. The van der Waals surface area contributed by atoms with Gasteiger partial charge < -0.3 is 10.1 Å². The quantitative estimate of drug-likeness (QED) is 0.835. The predicted molar refractivity (Wildman–Crippen MR) is 78.5 cm³/mol. The minimum Gasteiger partial charge on any atom is -0.465 e. The zero-order valence-corrected chi connectivity index (χ0v) is 12.3. The molecule has 1 aliphatic heterocycles. The molecule has 1 aromatic heterocycles. The first kappa shape index (κ1) is 14.8. The van der Waals surface area contributed by atoms with Gasteiger partial charge in [0.15, 0.2) is 0 Å². The maximum atomic E-state index is 12.0. The summed E-state index contributed by atoms with van der Waals surface area (Å²) in [7, 11) is 1.86. The van der Waals surface area contributed by atoms with Gasteiger partial charge in [-0.1, -0.05) is 6.42 Å². The number of piperidine rings is 1. The van der Waals surface area contributed by atoms with Crippen molar-refractivity contribution in [3.8, 4) is 0 Å². The normalized spacial score (nSPS) is 19.6. The molecule has 0 spiro atoms. The molecule has 1 atom stereocenters. The van der Waals surface area contributed by atoms with E-state index in [1.807, 2.05) is 26.1 Å². The van der Waals surface area contributed by atoms with Crippen molar-refractivity contribution in [3.63, 3.8) is 0 Å². The van der Waals surface area contributed by atoms with Gasteiger partial charge >= 0.3 is 5.97 Å². The number of nitrogens with zero attached hydrogens (tertiary/aromatic N) is 2. The Labute approximate surface area is 120 Å². The van der Waals surface area contributed by atoms with Crippen LogP contribution in [0.2, 0.25) is 0 Å². The number of aromatic nitrogens is 1. The van der Waals surface area contributed by atoms with Gasteiger partial charge in [0.05, 0.1) is 6.61 Å². The first-order chi connectivity index (χ1) is 9.74. The predicted octanol–water partition coefficient (Wildman–Crippen LogP) is 2.04. The van der Waals surface area contributed by atoms with Gasteiger partial charge in [-0.05, 0) is 44.0 Å². The number of hydrogen-bond acceptors (Lipinski definition) is 5. The van der Waals surface area contributed by atoms with Crippen LogP contribution in [0.25, 0.3) is 0 Å². The highest BCUT2D eigenvalue weighted by atomic mass is 16.5. The summed E-state index contributed by atoms with van der Waals surface area (Å²) in [5.74, 6) is 0.766. The number of nitrogens with one attached hydrogen (secondary N) is 1. The maximum absolute atomic E-state index is 12.0. The fourth-order valence-corrected chi connectivity index (χ4v) is 2.63. The highest BCUT2D eigenvalue weighted by Gasteiger charge is 2.29. The highest BCUT2D eigenvalue weighted by molar-refractivity contribution is 5.75. The summed E-state index contributed by atoms with van der Waals surface area (Å²) in [6, 6.07) is 3.92. The van der Waals surface area contributed by atoms with E-state index in [2.05, 4.69) is 15.2 Å². The Kier molecular flexibility index (Phi) is 5.35. The van der Waals surface area contributed by atoms with E-state index in [4.69, 9.17) is 4.74 Å². The van der Waals surface area contributed by atoms with Gasteiger partial charge in [-0.2, -0.15) is 0 Å². The van der Waals surface area contributed by atoms with Crippen LogP contribution in [0.4, 0.5) is 5.82 Å². The molecule has 110 valence electrons. The Balaban J connectivity index is 2.06. The summed E-state index contributed by atoms with van der Waals surface area (Å²) in [6.07, 6.45) is 4.92. The fraction of sp³-hybridized carbons (Fsp3) is 0.600. The fourth-order valence-electron chi connectivity index (χ4n) is 2.63. The molecule has 1 saturated heterocycles. The number of ether oxygens (including phenoxy) is 1. The third-order valence-electron chi connectivity index (χ3n) is 3.64. The smallest absolute Gasteiger partial charge is 0.323 e. The lowest BCUT2D eigenvalue weighted by atomic mass is 10.0. The van der Waals surface area contributed by atoms with Crippen molar-refractivity contribution in [1.29, 1.82) is 0 Å². The summed E-state index contributed by atoms with van der Waals surface area (Å²) in [5.41, 5.74) is 1.17. The third-order valence-corrected chi connectivity index (χ3v) is 3.64. The van der Waals surface area contributed by atoms with Crippen LogP contribution in [0.15, 0.2) is 18.3 Å². The van der Waals surface area contributed by atoms with Crippen LogP contribution in [0.3, 0.4) is 0 Å². The van der Waals surface area contributed by atoms with E-state index in [0.29, 0.717) is 6.61 Å². The average molecular weight is 277 g/mol. The van der Waals surface area contributed by atoms with E-state index < -0.39 is 0 Å². The van der Waals surface area contributed by atoms with Gasteiger partial charge in [0.2, 0.25) is 0 Å². The van der Waals surface area contributed by atoms with Gasteiger partial charge in [-0.15, -0.1) is 0 Å². The second kappa shape index (κ2) is 7.24. The van der Waals surface area contributed by atoms with Crippen molar-refractivity contribution in [2.24, 2.45) is 0 Å². The number of anilines is 1. The molecule has 0 saturated carbocycles. The van der Waals surface area contributed by atoms with E-state index in [9.17, 15) is 4.79 Å². The van der Waals surface area contributed by atoms with Crippen LogP contribution in [0, 0.1) is 0 Å². The summed E-state index contributed by atoms with van der Waals surface area (Å²) in [4.78, 5) is 18.5. The Morgan fingerprint density at radius 1 is 1.55 bits per heavy atom. The molecule has 2 rings (SSSR count). The Bertz CT molecular complexity index is 450. The second-order valence-electron chi connectivity index (χ2n) is 5.03. The molecule has 1 aromatic rings. The lowest BCUT2D eigenvalue weighted by molar-refractivity contribution is -0.151. The number of pyridine rings is 1. The van der Waals surface area contributed by atoms with Gasteiger partial charge in [-0.25, -0.2) is 4.98 Å². The van der Waals surface area contributed by atoms with Crippen LogP contribution in [-0.4, -0.2) is 42.1 Å². The summed E-state index contributed by atoms with van der Waals surface area (Å²) in [6.45, 7) is 4.01. The molecule has 0 aromatic carbocycles. The van der Waals surface area contributed by atoms with E-state index in [1.54, 1.807) is 6.20 Å². The molecule has 0 amide bonds. The topological polar surface area (TPSA) is 54.5 Å². The SMILES string of the molecule is CCOC(=O)C1CCCCN1Cc1ccnc(NC)c1. The largest absolute Gasteiger partial charge is 0.465 e. The standard InChI is InChI=1S/C15H23N3O2/c1-3-20-15(19)13-6-4-5-9-18(13)11-12-7-8-17-14(10-12)16-2/h7-8,10,13H,3-6,9,11H2,1-2H3,(H,16,17). The molecule has 1 fully saturated rings. The van der Waals surface area contributed by atoms with Gasteiger partial charge in [0, 0.05) is 19.8 Å². The molecule has 5 nitrogen and oxygen atoms in total. The number of rotatable bonds is 5. The van der Waals surface area contributed by atoms with Crippen molar-refractivity contribution in [2.75, 3.05) is 25.5 Å². The second-order valence-corrected chi connectivity index (χ2v) is 5.03. The first-order valence-electron chi connectivity index (χ1n) is 7.28. The molecule has 1 unspecified atom stereocenters. The Morgan fingerprint density at radius 2 is 2.40 bits per heavy atom. The zero-order chi connectivity index (χ0) is 14.4. The van der Waals surface area contributed by atoms with E-state index in [0.717, 1.165) is 38.2 Å². The first-order valence-corrected chi connectivity index (χ1v) is 7.28. The number of carbonyl (C=O) groups is 1. The molecule has 0 radical (unpaired) electrons. The Morgan fingerprint density at radius 3 is 3.15 bits per heavy atom. The lowest BCUT2D eigenvalue weighted by Gasteiger charge is -2.33. The molecule has 2 heterocycles. The Hall–Kier alpha value is -1.62. The average Bonchev–Trinajstić information content (AvgIpc) is 2.48. The minimum absolute atomic E-state index is 0.0879. The van der Waals surface area contributed by atoms with Crippen molar-refractivity contribution in [1.82, 2.24) is 9.88 Å². The molecule has 1 N–H and O–H groups in total. The number of carbonyl (C=O) groups excluding carboxylic acids is 1. The summed E-state index contributed by atoms with van der Waals surface area (Å²) >= 11 is 0. The lowest BCUT2D eigenvalue weighted by Crippen LogP contribution is -2.44. The molecular weight excluding hydrogens is 254 g/mol. The number of hydrogen-bond donors (Lipinski definition) is 1. The van der Waals surface area contributed by atoms with Gasteiger partial charge in [0.25, 0.3) is 0 Å². The highest BCUT2D eigenvalue weighted by Crippen LogP contribution is 2.21. The van der Waals surface area contributed by atoms with Crippen molar-refractivity contribution in [2.45, 2.75) is 38.8 Å². The molecular formula is C15H23N3O2. The van der Waals surface area contributed by atoms with Crippen LogP contribution >= 0.6 is 0 Å². The molecule has 0 aliphatic carbocycles. The monoisotopic (exact) mass is 277 g/mol. The van der Waals surface area contributed by atoms with E-state index >= 15 is 0 Å². The molecule has 5 heteroatoms. The van der Waals surface area contributed by atoms with E-state index in [1.165, 1.54) is 5.56 Å².